The zero-order valence-corrected chi connectivity index (χ0v) is 11.3. The summed E-state index contributed by atoms with van der Waals surface area (Å²) in [6.45, 7) is 4.17. The van der Waals surface area contributed by atoms with Crippen LogP contribution in [0.4, 0.5) is 8.78 Å². The predicted octanol–water partition coefficient (Wildman–Crippen LogP) is 0.608. The van der Waals surface area contributed by atoms with Gasteiger partial charge in [-0.3, -0.25) is 9.80 Å². The second-order valence-corrected chi connectivity index (χ2v) is 5.05. The fraction of sp³-hybridized carbons (Fsp3) is 0.571. The third-order valence-corrected chi connectivity index (χ3v) is 3.63. The Balaban J connectivity index is 1.89. The Bertz CT molecular complexity index is 437. The van der Waals surface area contributed by atoms with E-state index >= 15 is 0 Å². The highest BCUT2D eigenvalue weighted by Crippen LogP contribution is 2.20. The van der Waals surface area contributed by atoms with Crippen molar-refractivity contribution in [3.8, 4) is 0 Å². The molecule has 0 unspecified atom stereocenters. The van der Waals surface area contributed by atoms with E-state index < -0.39 is 17.7 Å². The number of benzene rings is 1. The molecule has 1 heterocycles. The number of rotatable bonds is 5. The van der Waals surface area contributed by atoms with Gasteiger partial charge in [0.25, 0.3) is 0 Å². The molecule has 0 aromatic heterocycles. The van der Waals surface area contributed by atoms with Crippen LogP contribution in [0.1, 0.15) is 11.7 Å². The maximum Gasteiger partial charge on any atom is 0.129 e. The molecule has 0 spiro atoms. The van der Waals surface area contributed by atoms with Gasteiger partial charge in [-0.05, 0) is 18.2 Å². The fourth-order valence-corrected chi connectivity index (χ4v) is 2.45. The Kier molecular flexibility index (Phi) is 5.42. The van der Waals surface area contributed by atoms with Gasteiger partial charge in [0.05, 0.1) is 12.7 Å². The first-order chi connectivity index (χ1) is 9.60. The number of aliphatic hydroxyl groups excluding tert-OH is 2. The molecule has 0 saturated carbocycles. The molecule has 1 fully saturated rings. The normalized spacial score (nSPS) is 19.2. The molecule has 0 aliphatic carbocycles. The summed E-state index contributed by atoms with van der Waals surface area (Å²) in [6, 6.07) is 3.12. The summed E-state index contributed by atoms with van der Waals surface area (Å²) < 4.78 is 26.7. The molecule has 1 atom stereocenters. The monoisotopic (exact) mass is 286 g/mol. The molecule has 0 radical (unpaired) electrons. The van der Waals surface area contributed by atoms with Crippen LogP contribution in [0.5, 0.6) is 0 Å². The van der Waals surface area contributed by atoms with E-state index in [1.165, 1.54) is 0 Å². The summed E-state index contributed by atoms with van der Waals surface area (Å²) in [5.41, 5.74) is 0.00258. The van der Waals surface area contributed by atoms with Gasteiger partial charge in [0.2, 0.25) is 0 Å². The summed E-state index contributed by atoms with van der Waals surface area (Å²) in [4.78, 5) is 4.15. The van der Waals surface area contributed by atoms with Gasteiger partial charge >= 0.3 is 0 Å². The molecule has 6 heteroatoms. The van der Waals surface area contributed by atoms with Gasteiger partial charge < -0.3 is 10.2 Å². The van der Waals surface area contributed by atoms with Gasteiger partial charge in [-0.1, -0.05) is 0 Å². The van der Waals surface area contributed by atoms with E-state index in [4.69, 9.17) is 5.11 Å². The average Bonchev–Trinajstić information content (AvgIpc) is 2.44. The highest BCUT2D eigenvalue weighted by atomic mass is 19.1. The van der Waals surface area contributed by atoms with Crippen LogP contribution in [-0.4, -0.2) is 65.9 Å². The molecule has 2 N–H and O–H groups in total. The molecule has 1 saturated heterocycles. The van der Waals surface area contributed by atoms with Crippen LogP contribution in [0, 0.1) is 11.6 Å². The maximum absolute atomic E-state index is 13.6. The first-order valence-electron chi connectivity index (χ1n) is 6.78. The highest BCUT2D eigenvalue weighted by molar-refractivity contribution is 5.21. The third-order valence-electron chi connectivity index (χ3n) is 3.63. The summed E-state index contributed by atoms with van der Waals surface area (Å²) in [7, 11) is 0. The van der Waals surface area contributed by atoms with Gasteiger partial charge in [-0.2, -0.15) is 0 Å². The summed E-state index contributed by atoms with van der Waals surface area (Å²) in [5.74, 6) is -1.13. The van der Waals surface area contributed by atoms with Crippen LogP contribution in [0.3, 0.4) is 0 Å². The second kappa shape index (κ2) is 7.08. The fourth-order valence-electron chi connectivity index (χ4n) is 2.45. The summed E-state index contributed by atoms with van der Waals surface area (Å²) >= 11 is 0. The van der Waals surface area contributed by atoms with Crippen molar-refractivity contribution in [2.24, 2.45) is 0 Å². The SMILES string of the molecule is OCCN1CCN(C[C@@H](O)c2cc(F)ccc2F)CC1. The molecule has 20 heavy (non-hydrogen) atoms. The molecule has 0 amide bonds. The molecule has 1 aliphatic heterocycles. The minimum atomic E-state index is -1.03. The second-order valence-electron chi connectivity index (χ2n) is 5.05. The molecule has 1 aromatic carbocycles. The van der Waals surface area contributed by atoms with Gasteiger partial charge in [-0.25, -0.2) is 8.78 Å². The summed E-state index contributed by atoms with van der Waals surface area (Å²) in [5, 5.41) is 18.9. The third kappa shape index (κ3) is 3.96. The van der Waals surface area contributed by atoms with E-state index in [9.17, 15) is 13.9 Å². The minimum absolute atomic E-state index is 0.00258. The standard InChI is InChI=1S/C14H20F2N2O2/c15-11-1-2-13(16)12(9-11)14(20)10-18-5-3-17(4-6-18)7-8-19/h1-2,9,14,19-20H,3-8,10H2/t14-/m1/s1. The number of piperazine rings is 1. The lowest BCUT2D eigenvalue weighted by molar-refractivity contribution is 0.0645. The molecular weight excluding hydrogens is 266 g/mol. The molecule has 0 bridgehead atoms. The molecule has 1 aromatic rings. The van der Waals surface area contributed by atoms with Crippen molar-refractivity contribution in [2.45, 2.75) is 6.10 Å². The Labute approximate surface area is 117 Å². The van der Waals surface area contributed by atoms with E-state index in [1.807, 2.05) is 4.90 Å². The lowest BCUT2D eigenvalue weighted by Crippen LogP contribution is -2.48. The van der Waals surface area contributed by atoms with Crippen molar-refractivity contribution in [3.05, 3.63) is 35.4 Å². The van der Waals surface area contributed by atoms with Gasteiger partial charge in [0.15, 0.2) is 0 Å². The smallest absolute Gasteiger partial charge is 0.129 e. The van der Waals surface area contributed by atoms with E-state index in [1.54, 1.807) is 0 Å². The zero-order valence-electron chi connectivity index (χ0n) is 11.3. The van der Waals surface area contributed by atoms with E-state index in [-0.39, 0.29) is 18.7 Å². The largest absolute Gasteiger partial charge is 0.395 e. The number of halogens is 2. The molecule has 112 valence electrons. The molecular formula is C14H20F2N2O2. The average molecular weight is 286 g/mol. The number of aliphatic hydroxyl groups is 2. The Morgan fingerprint density at radius 3 is 2.40 bits per heavy atom. The Morgan fingerprint density at radius 2 is 1.75 bits per heavy atom. The van der Waals surface area contributed by atoms with Crippen molar-refractivity contribution >= 4 is 0 Å². The lowest BCUT2D eigenvalue weighted by atomic mass is 10.1. The van der Waals surface area contributed by atoms with Crippen molar-refractivity contribution in [1.29, 1.82) is 0 Å². The summed E-state index contributed by atoms with van der Waals surface area (Å²) in [6.07, 6.45) is -1.03. The van der Waals surface area contributed by atoms with Crippen LogP contribution < -0.4 is 0 Å². The Hall–Kier alpha value is -1.08. The van der Waals surface area contributed by atoms with Crippen molar-refractivity contribution in [3.63, 3.8) is 0 Å². The lowest BCUT2D eigenvalue weighted by Gasteiger charge is -2.35. The molecule has 1 aliphatic rings. The molecule has 4 nitrogen and oxygen atoms in total. The van der Waals surface area contributed by atoms with Gasteiger partial charge in [-0.15, -0.1) is 0 Å². The number of β-amino-alcohol motifs (C(OH)–C–C–N with tert-alkyl or cyclic N) is 2. The first kappa shape index (κ1) is 15.3. The van der Waals surface area contributed by atoms with Crippen LogP contribution in [-0.2, 0) is 0 Å². The van der Waals surface area contributed by atoms with Gasteiger partial charge in [0, 0.05) is 44.8 Å². The van der Waals surface area contributed by atoms with Crippen molar-refractivity contribution < 1.29 is 19.0 Å². The topological polar surface area (TPSA) is 46.9 Å². The maximum atomic E-state index is 13.6. The van der Waals surface area contributed by atoms with Crippen molar-refractivity contribution in [1.82, 2.24) is 9.80 Å². The van der Waals surface area contributed by atoms with Crippen LogP contribution >= 0.6 is 0 Å². The first-order valence-corrected chi connectivity index (χ1v) is 6.78. The Morgan fingerprint density at radius 1 is 1.10 bits per heavy atom. The minimum Gasteiger partial charge on any atom is -0.395 e. The van der Waals surface area contributed by atoms with E-state index in [0.717, 1.165) is 44.4 Å². The number of nitrogens with zero attached hydrogens (tertiary/aromatic N) is 2. The van der Waals surface area contributed by atoms with Gasteiger partial charge in [0.1, 0.15) is 11.6 Å². The van der Waals surface area contributed by atoms with Crippen LogP contribution in [0.2, 0.25) is 0 Å². The van der Waals surface area contributed by atoms with Crippen LogP contribution in [0.15, 0.2) is 18.2 Å². The van der Waals surface area contributed by atoms with E-state index in [2.05, 4.69) is 4.90 Å². The number of hydrogen-bond donors (Lipinski definition) is 2. The van der Waals surface area contributed by atoms with Crippen LogP contribution in [0.25, 0.3) is 0 Å². The number of hydrogen-bond acceptors (Lipinski definition) is 4. The highest BCUT2D eigenvalue weighted by Gasteiger charge is 2.21. The zero-order chi connectivity index (χ0) is 14.5. The predicted molar refractivity (Wildman–Crippen MR) is 71.3 cm³/mol. The quantitative estimate of drug-likeness (QED) is 0.832. The van der Waals surface area contributed by atoms with Crippen molar-refractivity contribution in [2.75, 3.05) is 45.9 Å². The van der Waals surface area contributed by atoms with E-state index in [0.29, 0.717) is 6.54 Å². The molecule has 2 rings (SSSR count).